The van der Waals surface area contributed by atoms with E-state index in [0.29, 0.717) is 29.9 Å². The van der Waals surface area contributed by atoms with E-state index in [9.17, 15) is 9.59 Å². The highest BCUT2D eigenvalue weighted by atomic mass is 32.2. The second-order valence-electron chi connectivity index (χ2n) is 2.76. The van der Waals surface area contributed by atoms with Crippen molar-refractivity contribution in [2.75, 3.05) is 0 Å². The zero-order valence-electron chi connectivity index (χ0n) is 9.07. The lowest BCUT2D eigenvalue weighted by Gasteiger charge is -2.17. The average Bonchev–Trinajstić information content (AvgIpc) is 2.13. The van der Waals surface area contributed by atoms with E-state index in [1.807, 2.05) is 0 Å². The van der Waals surface area contributed by atoms with Crippen LogP contribution in [-0.2, 0) is 0 Å². The van der Waals surface area contributed by atoms with E-state index in [4.69, 9.17) is 22.3 Å². The van der Waals surface area contributed by atoms with Gasteiger partial charge >= 0.3 is 0 Å². The smallest absolute Gasteiger partial charge is 0.288 e. The third-order valence-corrected chi connectivity index (χ3v) is 2.44. The van der Waals surface area contributed by atoms with Gasteiger partial charge in [0.2, 0.25) is 0 Å². The Morgan fingerprint density at radius 3 is 1.71 bits per heavy atom. The highest BCUT2D eigenvalue weighted by Crippen LogP contribution is 2.04. The molecule has 96 valence electrons. The van der Waals surface area contributed by atoms with Gasteiger partial charge in [-0.25, -0.2) is 0 Å². The highest BCUT2D eigenvalue weighted by Gasteiger charge is 2.15. The zero-order chi connectivity index (χ0) is 13.4. The largest absolute Gasteiger partial charge is 0.378 e. The van der Waals surface area contributed by atoms with E-state index in [1.54, 1.807) is 6.92 Å². The van der Waals surface area contributed by atoms with Crippen molar-refractivity contribution in [1.82, 2.24) is 10.6 Å². The molecule has 0 saturated carbocycles. The number of carbonyl (C=O) groups is 2. The van der Waals surface area contributed by atoms with Crippen LogP contribution in [0.1, 0.15) is 13.3 Å². The summed E-state index contributed by atoms with van der Waals surface area (Å²) in [5.74, 6) is 0. The minimum atomic E-state index is -0.589. The predicted molar refractivity (Wildman–Crippen MR) is 70.2 cm³/mol. The third-order valence-electron chi connectivity index (χ3n) is 1.40. The molecule has 0 saturated heterocycles. The molecule has 0 rings (SSSR count). The number of nitrogens with one attached hydrogen (secondary N) is 4. The number of amides is 2. The summed E-state index contributed by atoms with van der Waals surface area (Å²) in [7, 11) is 0. The summed E-state index contributed by atoms with van der Waals surface area (Å²) >= 11 is 1.05. The normalized spacial score (nSPS) is 11.4. The molecular weight excluding hydrogens is 264 g/mol. The van der Waals surface area contributed by atoms with Crippen molar-refractivity contribution in [3.8, 4) is 0 Å². The van der Waals surface area contributed by atoms with Gasteiger partial charge in [0.05, 0.1) is 0 Å². The maximum absolute atomic E-state index is 11.2. The van der Waals surface area contributed by atoms with E-state index in [0.717, 1.165) is 0 Å². The lowest BCUT2D eigenvalue weighted by atomic mass is 10.4. The Labute approximate surface area is 107 Å². The van der Waals surface area contributed by atoms with Crippen molar-refractivity contribution in [3.63, 3.8) is 0 Å². The van der Waals surface area contributed by atoms with E-state index < -0.39 is 16.6 Å². The van der Waals surface area contributed by atoms with Crippen LogP contribution in [0.25, 0.3) is 0 Å². The monoisotopic (exact) mass is 278 g/mol. The fraction of sp³-hybridized carbons (Fsp3) is 0.429. The molecule has 8 N–H and O–H groups in total. The van der Waals surface area contributed by atoms with Gasteiger partial charge in [-0.3, -0.25) is 20.4 Å². The van der Waals surface area contributed by atoms with Gasteiger partial charge in [0.25, 0.3) is 10.5 Å². The van der Waals surface area contributed by atoms with Crippen LogP contribution in [0.4, 0.5) is 9.59 Å². The molecule has 2 amide bonds. The molecule has 8 nitrogen and oxygen atoms in total. The Morgan fingerprint density at radius 1 is 1.12 bits per heavy atom. The second-order valence-corrected chi connectivity index (χ2v) is 4.79. The summed E-state index contributed by atoms with van der Waals surface area (Å²) in [6.07, 6.45) is -0.136. The first-order chi connectivity index (χ1) is 7.85. The Hall–Kier alpha value is -1.42. The molecular formula is C7H14N6O2S2. The van der Waals surface area contributed by atoms with Crippen LogP contribution >= 0.6 is 23.5 Å². The Kier molecular flexibility index (Phi) is 7.14. The molecule has 0 atom stereocenters. The van der Waals surface area contributed by atoms with E-state index in [-0.39, 0.29) is 10.3 Å². The first-order valence-electron chi connectivity index (χ1n) is 4.49. The lowest BCUT2D eigenvalue weighted by Crippen LogP contribution is -2.45. The number of thioether (sulfide) groups is 2. The van der Waals surface area contributed by atoms with Gasteiger partial charge in [0.15, 0.2) is 10.3 Å². The molecule has 0 spiro atoms. The number of nitrogens with two attached hydrogens (primary N) is 2. The van der Waals surface area contributed by atoms with Crippen LogP contribution in [-0.4, -0.2) is 27.0 Å². The lowest BCUT2D eigenvalue weighted by molar-refractivity contribution is 0.247. The minimum Gasteiger partial charge on any atom is -0.378 e. The Balaban J connectivity index is 4.15. The Morgan fingerprint density at radius 2 is 1.47 bits per heavy atom. The Bertz CT molecular complexity index is 304. The molecule has 0 bridgehead atoms. The topological polar surface area (TPSA) is 158 Å². The van der Waals surface area contributed by atoms with Crippen LogP contribution in [0, 0.1) is 10.8 Å². The van der Waals surface area contributed by atoms with Crippen molar-refractivity contribution in [3.05, 3.63) is 0 Å². The molecule has 0 fully saturated rings. The van der Waals surface area contributed by atoms with Crippen molar-refractivity contribution in [2.45, 2.75) is 19.5 Å². The zero-order valence-corrected chi connectivity index (χ0v) is 10.7. The second kappa shape index (κ2) is 7.79. The molecule has 0 aliphatic carbocycles. The highest BCUT2D eigenvalue weighted by molar-refractivity contribution is 8.26. The number of carbonyl (C=O) groups excluding carboxylic acids is 2. The summed E-state index contributed by atoms with van der Waals surface area (Å²) in [6, 6.07) is 0. The number of amidine groups is 2. The van der Waals surface area contributed by atoms with Crippen molar-refractivity contribution < 1.29 is 9.59 Å². The van der Waals surface area contributed by atoms with Crippen LogP contribution in [0.15, 0.2) is 0 Å². The van der Waals surface area contributed by atoms with Crippen LogP contribution in [0.5, 0.6) is 0 Å². The summed E-state index contributed by atoms with van der Waals surface area (Å²) in [5, 5.41) is 17.0. The average molecular weight is 278 g/mol. The quantitative estimate of drug-likeness (QED) is 0.249. The molecule has 0 aliphatic rings. The third kappa shape index (κ3) is 8.39. The van der Waals surface area contributed by atoms with Crippen LogP contribution in [0.3, 0.4) is 0 Å². The molecule has 0 aliphatic heterocycles. The molecule has 0 radical (unpaired) electrons. The molecule has 10 heteroatoms. The van der Waals surface area contributed by atoms with Crippen molar-refractivity contribution >= 4 is 44.3 Å². The molecule has 17 heavy (non-hydrogen) atoms. The van der Waals surface area contributed by atoms with Gasteiger partial charge in [0.1, 0.15) is 6.17 Å². The van der Waals surface area contributed by atoms with Gasteiger partial charge in [-0.05, 0) is 6.42 Å². The van der Waals surface area contributed by atoms with E-state index in [1.165, 1.54) is 0 Å². The fourth-order valence-electron chi connectivity index (χ4n) is 0.783. The SMILES string of the molecule is CCC(NC(=O)SC(=N)N)NC(=O)SC(=N)N. The van der Waals surface area contributed by atoms with Gasteiger partial charge in [0, 0.05) is 23.5 Å². The summed E-state index contributed by atoms with van der Waals surface area (Å²) in [4.78, 5) is 22.5. The van der Waals surface area contributed by atoms with E-state index >= 15 is 0 Å². The molecule has 0 aromatic heterocycles. The first kappa shape index (κ1) is 15.6. The van der Waals surface area contributed by atoms with Gasteiger partial charge < -0.3 is 22.1 Å². The van der Waals surface area contributed by atoms with Crippen LogP contribution < -0.4 is 22.1 Å². The maximum Gasteiger partial charge on any atom is 0.288 e. The number of hydrogen-bond donors (Lipinski definition) is 6. The standard InChI is InChI=1S/C7H14N6O2S2/c1-2-3(12-6(14)16-4(8)9)13-7(15)17-5(10)11/h3H,2H2,1H3,(H3,8,9)(H3,10,11)(H,12,14)(H,13,15). The fourth-order valence-corrected chi connectivity index (χ4v) is 1.59. The molecule has 0 unspecified atom stereocenters. The summed E-state index contributed by atoms with van der Waals surface area (Å²) in [6.45, 7) is 1.75. The van der Waals surface area contributed by atoms with Gasteiger partial charge in [-0.2, -0.15) is 0 Å². The number of hydrogen-bond acceptors (Lipinski definition) is 6. The maximum atomic E-state index is 11.2. The predicted octanol–water partition coefficient (Wildman–Crippen LogP) is 0.395. The molecule has 0 aromatic carbocycles. The van der Waals surface area contributed by atoms with Gasteiger partial charge in [-0.1, -0.05) is 6.92 Å². The van der Waals surface area contributed by atoms with Crippen molar-refractivity contribution in [1.29, 1.82) is 10.8 Å². The molecule has 0 aromatic rings. The first-order valence-corrected chi connectivity index (χ1v) is 6.13. The minimum absolute atomic E-state index is 0.332. The van der Waals surface area contributed by atoms with Gasteiger partial charge in [-0.15, -0.1) is 0 Å². The molecule has 0 heterocycles. The summed E-state index contributed by atoms with van der Waals surface area (Å²) in [5.41, 5.74) is 10.1. The summed E-state index contributed by atoms with van der Waals surface area (Å²) < 4.78 is 0. The van der Waals surface area contributed by atoms with Crippen molar-refractivity contribution in [2.24, 2.45) is 11.5 Å². The van der Waals surface area contributed by atoms with Crippen LogP contribution in [0.2, 0.25) is 0 Å². The van der Waals surface area contributed by atoms with E-state index in [2.05, 4.69) is 10.6 Å². The number of rotatable bonds is 3.